The summed E-state index contributed by atoms with van der Waals surface area (Å²) >= 11 is 0. The molecular formula is C37H68O8. The van der Waals surface area contributed by atoms with E-state index < -0.39 is 24.4 Å². The first kappa shape index (κ1) is 40.1. The van der Waals surface area contributed by atoms with E-state index in [9.17, 15) is 30.3 Å². The van der Waals surface area contributed by atoms with Crippen molar-refractivity contribution in [2.75, 3.05) is 0 Å². The lowest BCUT2D eigenvalue weighted by Crippen LogP contribution is -2.33. The molecule has 0 aromatic heterocycles. The summed E-state index contributed by atoms with van der Waals surface area (Å²) in [5, 5.41) is 52.2. The van der Waals surface area contributed by atoms with Crippen LogP contribution in [0.15, 0.2) is 11.6 Å². The number of carbonyl (C=O) groups is 1. The van der Waals surface area contributed by atoms with E-state index in [1.165, 1.54) is 44.9 Å². The van der Waals surface area contributed by atoms with Gasteiger partial charge in [0.1, 0.15) is 6.10 Å². The van der Waals surface area contributed by atoms with Gasteiger partial charge in [-0.3, -0.25) is 0 Å². The van der Waals surface area contributed by atoms with Crippen LogP contribution in [-0.4, -0.2) is 80.3 Å². The van der Waals surface area contributed by atoms with Crippen LogP contribution in [0.2, 0.25) is 0 Å². The summed E-state index contributed by atoms with van der Waals surface area (Å²) in [5.74, 6) is -0.142. The number of cyclic esters (lactones) is 1. The first-order valence-electron chi connectivity index (χ1n) is 18.7. The molecule has 0 amide bonds. The fourth-order valence-electron chi connectivity index (χ4n) is 6.77. The Morgan fingerprint density at radius 1 is 0.644 bits per heavy atom. The summed E-state index contributed by atoms with van der Waals surface area (Å²) in [7, 11) is 0. The molecule has 2 heterocycles. The molecule has 0 aromatic rings. The second-order valence-corrected chi connectivity index (χ2v) is 13.9. The first-order valence-corrected chi connectivity index (χ1v) is 18.7. The Morgan fingerprint density at radius 3 is 1.76 bits per heavy atom. The maximum atomic E-state index is 11.6. The Morgan fingerprint density at radius 2 is 1.16 bits per heavy atom. The lowest BCUT2D eigenvalue weighted by atomic mass is 9.97. The summed E-state index contributed by atoms with van der Waals surface area (Å²) < 4.78 is 11.1. The van der Waals surface area contributed by atoms with E-state index in [0.29, 0.717) is 44.9 Å². The molecule has 0 bridgehead atoms. The lowest BCUT2D eigenvalue weighted by molar-refractivity contribution is -0.139. The normalized spacial score (nSPS) is 23.5. The summed E-state index contributed by atoms with van der Waals surface area (Å²) in [6.45, 7) is 4.07. The molecule has 8 atom stereocenters. The molecule has 0 aromatic carbocycles. The van der Waals surface area contributed by atoms with Crippen molar-refractivity contribution < 1.29 is 39.8 Å². The highest BCUT2D eigenvalue weighted by Gasteiger charge is 2.34. The zero-order chi connectivity index (χ0) is 32.9. The second kappa shape index (κ2) is 24.2. The zero-order valence-corrected chi connectivity index (χ0v) is 28.6. The summed E-state index contributed by atoms with van der Waals surface area (Å²) in [5.41, 5.74) is 0.842. The number of ether oxygens (including phenoxy) is 2. The number of unbranched alkanes of at least 4 members (excludes halogenated alkanes) is 12. The average molecular weight is 641 g/mol. The average Bonchev–Trinajstić information content (AvgIpc) is 3.64. The van der Waals surface area contributed by atoms with E-state index in [-0.39, 0.29) is 30.4 Å². The van der Waals surface area contributed by atoms with Crippen molar-refractivity contribution in [1.82, 2.24) is 0 Å². The molecular weight excluding hydrogens is 572 g/mol. The van der Waals surface area contributed by atoms with Crippen LogP contribution in [0.25, 0.3) is 0 Å². The molecule has 0 unspecified atom stereocenters. The number of hydrogen-bond acceptors (Lipinski definition) is 8. The van der Waals surface area contributed by atoms with Crippen LogP contribution in [0.1, 0.15) is 168 Å². The molecule has 8 nitrogen and oxygen atoms in total. The first-order chi connectivity index (χ1) is 21.7. The van der Waals surface area contributed by atoms with Crippen LogP contribution in [0.3, 0.4) is 0 Å². The van der Waals surface area contributed by atoms with Crippen molar-refractivity contribution in [3.8, 4) is 0 Å². The van der Waals surface area contributed by atoms with E-state index in [1.54, 1.807) is 0 Å². The SMILES string of the molecule is CCCCCC[C@H](O)CCC[C@H](O)[C@H]1CC[C@H]([C@H](O)CC[C@@H](O)[C@H](O)CCCCCCCCCCCCC2=C[C@H](C)OC2=O)O1. The van der Waals surface area contributed by atoms with Gasteiger partial charge in [0.2, 0.25) is 0 Å². The van der Waals surface area contributed by atoms with Crippen molar-refractivity contribution in [2.24, 2.45) is 0 Å². The molecule has 2 rings (SSSR count). The van der Waals surface area contributed by atoms with Gasteiger partial charge in [-0.05, 0) is 83.6 Å². The molecule has 45 heavy (non-hydrogen) atoms. The van der Waals surface area contributed by atoms with Crippen LogP contribution < -0.4 is 0 Å². The maximum Gasteiger partial charge on any atom is 0.334 e. The minimum absolute atomic E-state index is 0.0689. The monoisotopic (exact) mass is 640 g/mol. The van der Waals surface area contributed by atoms with Gasteiger partial charge in [-0.15, -0.1) is 0 Å². The number of hydrogen-bond donors (Lipinski definition) is 5. The van der Waals surface area contributed by atoms with Crippen molar-refractivity contribution in [1.29, 1.82) is 0 Å². The Kier molecular flexibility index (Phi) is 21.6. The molecule has 1 fully saturated rings. The van der Waals surface area contributed by atoms with E-state index >= 15 is 0 Å². The van der Waals surface area contributed by atoms with Crippen molar-refractivity contribution in [3.05, 3.63) is 11.6 Å². The molecule has 264 valence electrons. The molecule has 0 radical (unpaired) electrons. The highest BCUT2D eigenvalue weighted by Crippen LogP contribution is 2.29. The number of carbonyl (C=O) groups excluding carboxylic acids is 1. The highest BCUT2D eigenvalue weighted by molar-refractivity contribution is 5.90. The van der Waals surface area contributed by atoms with Crippen molar-refractivity contribution in [3.63, 3.8) is 0 Å². The second-order valence-electron chi connectivity index (χ2n) is 13.9. The molecule has 0 spiro atoms. The van der Waals surface area contributed by atoms with Gasteiger partial charge in [0.15, 0.2) is 0 Å². The van der Waals surface area contributed by atoms with E-state index in [0.717, 1.165) is 69.8 Å². The molecule has 0 saturated carbocycles. The fourth-order valence-corrected chi connectivity index (χ4v) is 6.77. The lowest BCUT2D eigenvalue weighted by Gasteiger charge is -2.24. The van der Waals surface area contributed by atoms with Gasteiger partial charge in [-0.1, -0.05) is 90.4 Å². The molecule has 2 aliphatic rings. The third-order valence-corrected chi connectivity index (χ3v) is 9.76. The molecule has 5 N–H and O–H groups in total. The van der Waals surface area contributed by atoms with Crippen LogP contribution >= 0.6 is 0 Å². The van der Waals surface area contributed by atoms with Crippen LogP contribution in [0, 0.1) is 0 Å². The predicted molar refractivity (Wildman–Crippen MR) is 179 cm³/mol. The molecule has 1 saturated heterocycles. The third kappa shape index (κ3) is 17.6. The minimum atomic E-state index is -0.852. The van der Waals surface area contributed by atoms with Crippen molar-refractivity contribution >= 4 is 5.97 Å². The van der Waals surface area contributed by atoms with E-state index in [2.05, 4.69) is 6.92 Å². The van der Waals surface area contributed by atoms with Crippen LogP contribution in [-0.2, 0) is 14.3 Å². The number of esters is 1. The maximum absolute atomic E-state index is 11.6. The fraction of sp³-hybridized carbons (Fsp3) is 0.919. The number of rotatable bonds is 28. The largest absolute Gasteiger partial charge is 0.455 e. The van der Waals surface area contributed by atoms with Gasteiger partial charge in [0.25, 0.3) is 0 Å². The Hall–Kier alpha value is -1.03. The summed E-state index contributed by atoms with van der Waals surface area (Å²) in [4.78, 5) is 11.6. The Labute approximate surface area is 274 Å². The third-order valence-electron chi connectivity index (χ3n) is 9.76. The molecule has 8 heteroatoms. The van der Waals surface area contributed by atoms with Crippen LogP contribution in [0.5, 0.6) is 0 Å². The summed E-state index contributed by atoms with van der Waals surface area (Å²) in [6, 6.07) is 0. The smallest absolute Gasteiger partial charge is 0.334 e. The van der Waals surface area contributed by atoms with Crippen LogP contribution in [0.4, 0.5) is 0 Å². The topological polar surface area (TPSA) is 137 Å². The highest BCUT2D eigenvalue weighted by atomic mass is 16.5. The van der Waals surface area contributed by atoms with Gasteiger partial charge < -0.3 is 35.0 Å². The quantitative estimate of drug-likeness (QED) is 0.0465. The Bertz CT molecular complexity index is 788. The number of aliphatic hydroxyl groups is 5. The minimum Gasteiger partial charge on any atom is -0.455 e. The van der Waals surface area contributed by atoms with Gasteiger partial charge in [-0.25, -0.2) is 4.79 Å². The molecule has 0 aliphatic carbocycles. The van der Waals surface area contributed by atoms with Gasteiger partial charge in [0, 0.05) is 5.57 Å². The number of aliphatic hydroxyl groups excluding tert-OH is 5. The van der Waals surface area contributed by atoms with Crippen molar-refractivity contribution in [2.45, 2.75) is 217 Å². The zero-order valence-electron chi connectivity index (χ0n) is 28.6. The van der Waals surface area contributed by atoms with Gasteiger partial charge in [-0.2, -0.15) is 0 Å². The van der Waals surface area contributed by atoms with Gasteiger partial charge in [0.05, 0.1) is 42.7 Å². The van der Waals surface area contributed by atoms with E-state index in [4.69, 9.17) is 9.47 Å². The van der Waals surface area contributed by atoms with Gasteiger partial charge >= 0.3 is 5.97 Å². The molecule has 2 aliphatic heterocycles. The standard InChI is InChI=1S/C37H68O8/c1-3-4-5-15-19-30(38)20-17-22-33(41)35-25-26-36(45-35)34(42)24-23-32(40)31(39)21-16-13-11-9-7-6-8-10-12-14-18-29-27-28(2)44-37(29)43/h27-28,30-36,38-42H,3-26H2,1-2H3/t28-,30-,31+,32+,33-,34+,35+,36+/m0/s1. The Balaban J connectivity index is 1.41. The summed E-state index contributed by atoms with van der Waals surface area (Å²) in [6.07, 6.45) is 20.3. The predicted octanol–water partition coefficient (Wildman–Crippen LogP) is 6.81. The van der Waals surface area contributed by atoms with E-state index in [1.807, 2.05) is 13.0 Å².